The van der Waals surface area contributed by atoms with Crippen molar-refractivity contribution in [2.24, 2.45) is 0 Å². The van der Waals surface area contributed by atoms with Crippen LogP contribution in [0, 0.1) is 0 Å². The van der Waals surface area contributed by atoms with E-state index < -0.39 is 24.7 Å². The normalized spacial score (nSPS) is 11.9. The van der Waals surface area contributed by atoms with Crippen LogP contribution >= 0.6 is 11.3 Å². The van der Waals surface area contributed by atoms with Gasteiger partial charge < -0.3 is 4.90 Å². The number of nitrogens with zero attached hydrogens (tertiary/aromatic N) is 2. The van der Waals surface area contributed by atoms with Crippen LogP contribution in [0.25, 0.3) is 0 Å². The average molecular weight is 280 g/mol. The van der Waals surface area contributed by atoms with Gasteiger partial charge in [-0.05, 0) is 12.8 Å². The Morgan fingerprint density at radius 3 is 2.44 bits per heavy atom. The highest BCUT2D eigenvalue weighted by Gasteiger charge is 2.36. The largest absolute Gasteiger partial charge is 0.406 e. The standard InChI is InChI=1S/C11H15F3N2OS/c1-3-8(4-2)16(6-11(12,13)14)10(17)9-5-18-7-15-9/h5,7-8H,3-4,6H2,1-2H3. The highest BCUT2D eigenvalue weighted by Crippen LogP contribution is 2.22. The minimum atomic E-state index is -4.39. The topological polar surface area (TPSA) is 33.2 Å². The van der Waals surface area contributed by atoms with Gasteiger partial charge in [0.05, 0.1) is 5.51 Å². The van der Waals surface area contributed by atoms with Crippen LogP contribution in [-0.4, -0.2) is 34.6 Å². The fourth-order valence-electron chi connectivity index (χ4n) is 1.75. The van der Waals surface area contributed by atoms with E-state index in [-0.39, 0.29) is 5.69 Å². The summed E-state index contributed by atoms with van der Waals surface area (Å²) in [5.74, 6) is -0.651. The van der Waals surface area contributed by atoms with Crippen LogP contribution in [0.2, 0.25) is 0 Å². The van der Waals surface area contributed by atoms with Crippen LogP contribution in [0.1, 0.15) is 37.2 Å². The van der Waals surface area contributed by atoms with E-state index in [4.69, 9.17) is 0 Å². The summed E-state index contributed by atoms with van der Waals surface area (Å²) in [6.07, 6.45) is -3.42. The first kappa shape index (κ1) is 14.9. The second kappa shape index (κ2) is 6.17. The van der Waals surface area contributed by atoms with Crippen molar-refractivity contribution in [2.45, 2.75) is 38.9 Å². The molecule has 0 fully saturated rings. The molecule has 7 heteroatoms. The zero-order valence-electron chi connectivity index (χ0n) is 10.2. The van der Waals surface area contributed by atoms with Gasteiger partial charge in [0.25, 0.3) is 5.91 Å². The summed E-state index contributed by atoms with van der Waals surface area (Å²) >= 11 is 1.19. The maximum Gasteiger partial charge on any atom is 0.406 e. The van der Waals surface area contributed by atoms with E-state index in [0.717, 1.165) is 4.90 Å². The number of carbonyl (C=O) groups is 1. The van der Waals surface area contributed by atoms with Crippen molar-refractivity contribution in [3.63, 3.8) is 0 Å². The molecule has 1 heterocycles. The lowest BCUT2D eigenvalue weighted by molar-refractivity contribution is -0.145. The Balaban J connectivity index is 2.93. The molecule has 1 rings (SSSR count). The zero-order valence-corrected chi connectivity index (χ0v) is 11.0. The van der Waals surface area contributed by atoms with E-state index in [1.807, 2.05) is 0 Å². The zero-order chi connectivity index (χ0) is 13.8. The molecule has 0 saturated carbocycles. The van der Waals surface area contributed by atoms with Crippen molar-refractivity contribution in [1.82, 2.24) is 9.88 Å². The molecule has 1 aromatic rings. The molecule has 0 atom stereocenters. The van der Waals surface area contributed by atoms with Gasteiger partial charge in [-0.2, -0.15) is 13.2 Å². The van der Waals surface area contributed by atoms with Crippen molar-refractivity contribution in [1.29, 1.82) is 0 Å². The van der Waals surface area contributed by atoms with Gasteiger partial charge in [-0.25, -0.2) is 4.98 Å². The molecule has 0 bridgehead atoms. The summed E-state index contributed by atoms with van der Waals surface area (Å²) in [7, 11) is 0. The lowest BCUT2D eigenvalue weighted by Crippen LogP contribution is -2.45. The maximum atomic E-state index is 12.5. The molecule has 0 aliphatic carbocycles. The number of hydrogen-bond donors (Lipinski definition) is 0. The van der Waals surface area contributed by atoms with Gasteiger partial charge in [0.1, 0.15) is 12.2 Å². The molecular weight excluding hydrogens is 265 g/mol. The van der Waals surface area contributed by atoms with Gasteiger partial charge in [0, 0.05) is 11.4 Å². The Hall–Kier alpha value is -1.11. The molecule has 0 spiro atoms. The molecule has 0 unspecified atom stereocenters. The smallest absolute Gasteiger partial charge is 0.325 e. The molecular formula is C11H15F3N2OS. The van der Waals surface area contributed by atoms with Crippen LogP contribution in [0.15, 0.2) is 10.9 Å². The fourth-order valence-corrected chi connectivity index (χ4v) is 2.28. The molecule has 3 nitrogen and oxygen atoms in total. The first-order chi connectivity index (χ1) is 8.39. The predicted octanol–water partition coefficient (Wildman–Crippen LogP) is 3.34. The Morgan fingerprint density at radius 2 is 2.06 bits per heavy atom. The van der Waals surface area contributed by atoms with Crippen LogP contribution in [0.4, 0.5) is 13.2 Å². The lowest BCUT2D eigenvalue weighted by Gasteiger charge is -2.30. The molecule has 0 aliphatic heterocycles. The number of thiazole rings is 1. The third-order valence-corrected chi connectivity index (χ3v) is 3.23. The third kappa shape index (κ3) is 3.97. The second-order valence-electron chi connectivity index (χ2n) is 3.89. The summed E-state index contributed by atoms with van der Waals surface area (Å²) in [4.78, 5) is 16.7. The monoisotopic (exact) mass is 280 g/mol. The molecule has 0 N–H and O–H groups in total. The summed E-state index contributed by atoms with van der Waals surface area (Å²) in [6.45, 7) is 2.31. The summed E-state index contributed by atoms with van der Waals surface area (Å²) < 4.78 is 37.6. The number of amides is 1. The van der Waals surface area contributed by atoms with E-state index in [0.29, 0.717) is 12.8 Å². The number of alkyl halides is 3. The highest BCUT2D eigenvalue weighted by atomic mass is 32.1. The number of rotatable bonds is 5. The minimum absolute atomic E-state index is 0.0798. The van der Waals surface area contributed by atoms with Gasteiger partial charge >= 0.3 is 6.18 Å². The molecule has 0 radical (unpaired) electrons. The number of aromatic nitrogens is 1. The lowest BCUT2D eigenvalue weighted by atomic mass is 10.1. The van der Waals surface area contributed by atoms with Gasteiger partial charge in [-0.1, -0.05) is 13.8 Å². The van der Waals surface area contributed by atoms with Crippen molar-refractivity contribution >= 4 is 17.2 Å². The summed E-state index contributed by atoms with van der Waals surface area (Å²) in [5.41, 5.74) is 1.52. The maximum absolute atomic E-state index is 12.5. The van der Waals surface area contributed by atoms with E-state index in [9.17, 15) is 18.0 Å². The molecule has 102 valence electrons. The fraction of sp³-hybridized carbons (Fsp3) is 0.636. The molecule has 1 amide bonds. The molecule has 0 aromatic carbocycles. The van der Waals surface area contributed by atoms with E-state index in [1.165, 1.54) is 22.2 Å². The molecule has 1 aromatic heterocycles. The summed E-state index contributed by atoms with van der Waals surface area (Å²) in [5, 5.41) is 1.47. The molecule has 0 saturated heterocycles. The average Bonchev–Trinajstić information content (AvgIpc) is 2.80. The SMILES string of the molecule is CCC(CC)N(CC(F)(F)F)C(=O)c1cscn1. The molecule has 0 aliphatic rings. The highest BCUT2D eigenvalue weighted by molar-refractivity contribution is 7.07. The first-order valence-electron chi connectivity index (χ1n) is 5.65. The van der Waals surface area contributed by atoms with Crippen molar-refractivity contribution in [2.75, 3.05) is 6.54 Å². The van der Waals surface area contributed by atoms with Gasteiger partial charge in [0.15, 0.2) is 0 Å². The number of hydrogen-bond acceptors (Lipinski definition) is 3. The quantitative estimate of drug-likeness (QED) is 0.828. The van der Waals surface area contributed by atoms with Crippen LogP contribution in [-0.2, 0) is 0 Å². The van der Waals surface area contributed by atoms with E-state index in [1.54, 1.807) is 13.8 Å². The van der Waals surface area contributed by atoms with Gasteiger partial charge in [-0.15, -0.1) is 11.3 Å². The Bertz CT molecular complexity index is 374. The van der Waals surface area contributed by atoms with Gasteiger partial charge in [0.2, 0.25) is 0 Å². The van der Waals surface area contributed by atoms with Crippen molar-refractivity contribution < 1.29 is 18.0 Å². The van der Waals surface area contributed by atoms with Crippen molar-refractivity contribution in [3.05, 3.63) is 16.6 Å². The second-order valence-corrected chi connectivity index (χ2v) is 4.61. The number of carbonyl (C=O) groups excluding carboxylic acids is 1. The van der Waals surface area contributed by atoms with E-state index in [2.05, 4.69) is 4.98 Å². The minimum Gasteiger partial charge on any atom is -0.325 e. The van der Waals surface area contributed by atoms with Gasteiger partial charge in [-0.3, -0.25) is 4.79 Å². The first-order valence-corrected chi connectivity index (χ1v) is 6.59. The molecule has 18 heavy (non-hydrogen) atoms. The van der Waals surface area contributed by atoms with Crippen LogP contribution in [0.5, 0.6) is 0 Å². The third-order valence-electron chi connectivity index (χ3n) is 2.65. The Labute approximate surface area is 108 Å². The van der Waals surface area contributed by atoms with Crippen LogP contribution in [0.3, 0.4) is 0 Å². The predicted molar refractivity (Wildman–Crippen MR) is 63.6 cm³/mol. The Morgan fingerprint density at radius 1 is 1.44 bits per heavy atom. The Kier molecular flexibility index (Phi) is 5.13. The summed E-state index contributed by atoms with van der Waals surface area (Å²) in [6, 6.07) is -0.416. The number of halogens is 3. The van der Waals surface area contributed by atoms with Crippen LogP contribution < -0.4 is 0 Å². The van der Waals surface area contributed by atoms with Crippen molar-refractivity contribution in [3.8, 4) is 0 Å². The van der Waals surface area contributed by atoms with E-state index >= 15 is 0 Å².